The summed E-state index contributed by atoms with van der Waals surface area (Å²) in [6, 6.07) is 10.2. The number of rotatable bonds is 4. The highest BCUT2D eigenvalue weighted by Crippen LogP contribution is 2.25. The van der Waals surface area contributed by atoms with Crippen LogP contribution >= 0.6 is 24.8 Å². The van der Waals surface area contributed by atoms with Gasteiger partial charge in [0.25, 0.3) is 0 Å². The Kier molecular flexibility index (Phi) is 9.79. The van der Waals surface area contributed by atoms with E-state index in [1.54, 1.807) is 0 Å². The van der Waals surface area contributed by atoms with Gasteiger partial charge < -0.3 is 10.6 Å². The summed E-state index contributed by atoms with van der Waals surface area (Å²) in [5.74, 6) is -0.0755. The predicted molar refractivity (Wildman–Crippen MR) is 92.7 cm³/mol. The van der Waals surface area contributed by atoms with Gasteiger partial charge in [0.1, 0.15) is 0 Å². The van der Waals surface area contributed by atoms with Gasteiger partial charge in [0.05, 0.1) is 12.5 Å². The van der Waals surface area contributed by atoms with Crippen LogP contribution in [0.4, 0.5) is 5.69 Å². The van der Waals surface area contributed by atoms with Crippen LogP contribution in [0.1, 0.15) is 24.9 Å². The fourth-order valence-corrected chi connectivity index (χ4v) is 2.53. The lowest BCUT2D eigenvalue weighted by atomic mass is 10.0. The van der Waals surface area contributed by atoms with Gasteiger partial charge in [0.2, 0.25) is 5.91 Å². The maximum Gasteiger partial charge on any atom is 0.221 e. The maximum atomic E-state index is 11.0. The Balaban J connectivity index is 0.00000220. The molecule has 5 nitrogen and oxygen atoms in total. The van der Waals surface area contributed by atoms with Gasteiger partial charge in [0, 0.05) is 44.8 Å². The van der Waals surface area contributed by atoms with Crippen molar-refractivity contribution < 1.29 is 4.79 Å². The zero-order valence-corrected chi connectivity index (χ0v) is 14.2. The minimum Gasteiger partial charge on any atom is -0.326 e. The van der Waals surface area contributed by atoms with E-state index in [-0.39, 0.29) is 36.8 Å². The first kappa shape index (κ1) is 20.7. The molecule has 0 saturated carbocycles. The average molecular weight is 345 g/mol. The first-order chi connectivity index (χ1) is 9.70. The smallest absolute Gasteiger partial charge is 0.221 e. The average Bonchev–Trinajstić information content (AvgIpc) is 2.46. The van der Waals surface area contributed by atoms with Crippen LogP contribution < -0.4 is 10.6 Å². The highest BCUT2D eigenvalue weighted by molar-refractivity contribution is 5.88. The van der Waals surface area contributed by atoms with Crippen LogP contribution in [0.2, 0.25) is 0 Å². The Morgan fingerprint density at radius 1 is 1.32 bits per heavy atom. The second kappa shape index (κ2) is 10.4. The van der Waals surface area contributed by atoms with Gasteiger partial charge in [-0.1, -0.05) is 12.1 Å². The van der Waals surface area contributed by atoms with E-state index < -0.39 is 0 Å². The Labute approximate surface area is 143 Å². The van der Waals surface area contributed by atoms with Gasteiger partial charge in [0.15, 0.2) is 0 Å². The minimum atomic E-state index is -0.0755. The number of benzene rings is 1. The topological polar surface area (TPSA) is 68.2 Å². The van der Waals surface area contributed by atoms with Crippen molar-refractivity contribution in [3.8, 4) is 6.07 Å². The standard InChI is InChI=1S/C15H20N4O.2ClH/c1-12(20)18-14-4-2-13(3-5-14)15(6-7-16)19-10-8-17-9-11-19;;/h2-5,15,17H,6,8-11H2,1H3,(H,18,20);2*1H/t15-;;/m1../s1. The summed E-state index contributed by atoms with van der Waals surface area (Å²) in [5, 5.41) is 15.1. The van der Waals surface area contributed by atoms with E-state index in [1.807, 2.05) is 24.3 Å². The molecular formula is C15H22Cl2N4O. The second-order valence-electron chi connectivity index (χ2n) is 4.97. The highest BCUT2D eigenvalue weighted by atomic mass is 35.5. The zero-order valence-electron chi connectivity index (χ0n) is 12.5. The van der Waals surface area contributed by atoms with Crippen molar-refractivity contribution in [2.24, 2.45) is 0 Å². The Morgan fingerprint density at radius 3 is 2.41 bits per heavy atom. The Bertz CT molecular complexity index is 495. The number of amides is 1. The van der Waals surface area contributed by atoms with Crippen LogP contribution in [0.25, 0.3) is 0 Å². The van der Waals surface area contributed by atoms with Gasteiger partial charge >= 0.3 is 0 Å². The van der Waals surface area contributed by atoms with E-state index in [2.05, 4.69) is 21.6 Å². The maximum absolute atomic E-state index is 11.0. The van der Waals surface area contributed by atoms with Gasteiger partial charge in [-0.3, -0.25) is 9.69 Å². The molecule has 7 heteroatoms. The number of nitriles is 1. The molecule has 0 aliphatic carbocycles. The SMILES string of the molecule is CC(=O)Nc1ccc([C@@H](CC#N)N2CCNCC2)cc1.Cl.Cl. The van der Waals surface area contributed by atoms with Crippen molar-refractivity contribution in [3.05, 3.63) is 29.8 Å². The molecule has 22 heavy (non-hydrogen) atoms. The lowest BCUT2D eigenvalue weighted by Crippen LogP contribution is -2.45. The molecule has 1 atom stereocenters. The highest BCUT2D eigenvalue weighted by Gasteiger charge is 2.21. The van der Waals surface area contributed by atoms with Crippen molar-refractivity contribution in [1.82, 2.24) is 10.2 Å². The molecule has 0 radical (unpaired) electrons. The number of halogens is 2. The van der Waals surface area contributed by atoms with Crippen LogP contribution in [-0.4, -0.2) is 37.0 Å². The summed E-state index contributed by atoms with van der Waals surface area (Å²) in [5.41, 5.74) is 1.92. The quantitative estimate of drug-likeness (QED) is 0.879. The molecule has 0 unspecified atom stereocenters. The van der Waals surface area contributed by atoms with E-state index in [0.29, 0.717) is 6.42 Å². The van der Waals surface area contributed by atoms with Crippen LogP contribution in [-0.2, 0) is 4.79 Å². The van der Waals surface area contributed by atoms with Crippen LogP contribution in [0, 0.1) is 11.3 Å². The van der Waals surface area contributed by atoms with Crippen molar-refractivity contribution >= 4 is 36.4 Å². The van der Waals surface area contributed by atoms with Crippen molar-refractivity contribution in [3.63, 3.8) is 0 Å². The third-order valence-electron chi connectivity index (χ3n) is 3.49. The molecule has 0 bridgehead atoms. The molecule has 1 saturated heterocycles. The lowest BCUT2D eigenvalue weighted by Gasteiger charge is -2.34. The number of nitrogens with one attached hydrogen (secondary N) is 2. The van der Waals surface area contributed by atoms with Crippen LogP contribution in [0.15, 0.2) is 24.3 Å². The van der Waals surface area contributed by atoms with E-state index >= 15 is 0 Å². The molecule has 1 aromatic rings. The van der Waals surface area contributed by atoms with Crippen LogP contribution in [0.3, 0.4) is 0 Å². The van der Waals surface area contributed by atoms with Gasteiger partial charge in [-0.2, -0.15) is 5.26 Å². The molecule has 0 aromatic heterocycles. The van der Waals surface area contributed by atoms with E-state index in [9.17, 15) is 4.79 Å². The van der Waals surface area contributed by atoms with Gasteiger partial charge in [-0.05, 0) is 17.7 Å². The Morgan fingerprint density at radius 2 is 1.91 bits per heavy atom. The third-order valence-corrected chi connectivity index (χ3v) is 3.49. The second-order valence-corrected chi connectivity index (χ2v) is 4.97. The number of hydrogen-bond acceptors (Lipinski definition) is 4. The molecule has 1 aliphatic heterocycles. The van der Waals surface area contributed by atoms with Crippen molar-refractivity contribution in [2.75, 3.05) is 31.5 Å². The molecule has 1 heterocycles. The summed E-state index contributed by atoms with van der Waals surface area (Å²) in [6.07, 6.45) is 0.486. The molecule has 1 fully saturated rings. The number of piperazine rings is 1. The molecule has 1 amide bonds. The molecule has 122 valence electrons. The predicted octanol–water partition coefficient (Wildman–Crippen LogP) is 2.35. The molecule has 2 N–H and O–H groups in total. The van der Waals surface area contributed by atoms with Crippen molar-refractivity contribution in [1.29, 1.82) is 5.26 Å². The first-order valence-corrected chi connectivity index (χ1v) is 6.90. The molecule has 2 rings (SSSR count). The summed E-state index contributed by atoms with van der Waals surface area (Å²) in [4.78, 5) is 13.4. The lowest BCUT2D eigenvalue weighted by molar-refractivity contribution is -0.114. The number of hydrogen-bond donors (Lipinski definition) is 2. The molecule has 1 aromatic carbocycles. The van der Waals surface area contributed by atoms with Crippen LogP contribution in [0.5, 0.6) is 0 Å². The number of nitrogens with zero attached hydrogens (tertiary/aromatic N) is 2. The van der Waals surface area contributed by atoms with Crippen molar-refractivity contribution in [2.45, 2.75) is 19.4 Å². The number of anilines is 1. The number of carbonyl (C=O) groups is 1. The van der Waals surface area contributed by atoms with Gasteiger partial charge in [-0.25, -0.2) is 0 Å². The first-order valence-electron chi connectivity index (χ1n) is 6.90. The summed E-state index contributed by atoms with van der Waals surface area (Å²) in [7, 11) is 0. The van der Waals surface area contributed by atoms with E-state index in [4.69, 9.17) is 5.26 Å². The fourth-order valence-electron chi connectivity index (χ4n) is 2.53. The fraction of sp³-hybridized carbons (Fsp3) is 0.467. The third kappa shape index (κ3) is 5.82. The van der Waals surface area contributed by atoms with E-state index in [0.717, 1.165) is 37.4 Å². The summed E-state index contributed by atoms with van der Waals surface area (Å²) < 4.78 is 0. The molecule has 0 spiro atoms. The monoisotopic (exact) mass is 344 g/mol. The molecular weight excluding hydrogens is 323 g/mol. The summed E-state index contributed by atoms with van der Waals surface area (Å²) in [6.45, 7) is 5.34. The van der Waals surface area contributed by atoms with E-state index in [1.165, 1.54) is 6.92 Å². The zero-order chi connectivity index (χ0) is 14.4. The summed E-state index contributed by atoms with van der Waals surface area (Å²) >= 11 is 0. The largest absolute Gasteiger partial charge is 0.326 e. The Hall–Kier alpha value is -1.32. The molecule has 1 aliphatic rings. The minimum absolute atomic E-state index is 0. The normalized spacial score (nSPS) is 15.6. The van der Waals surface area contributed by atoms with Gasteiger partial charge in [-0.15, -0.1) is 24.8 Å². The number of carbonyl (C=O) groups excluding carboxylic acids is 1.